The Labute approximate surface area is 123 Å². The molecule has 5 heteroatoms. The summed E-state index contributed by atoms with van der Waals surface area (Å²) >= 11 is 0. The maximum Gasteiger partial charge on any atom is 0.225 e. The number of carbonyl (C=O) groups excluding carboxylic acids is 1. The quantitative estimate of drug-likeness (QED) is 0.910. The van der Waals surface area contributed by atoms with Crippen molar-refractivity contribution >= 4 is 5.91 Å². The lowest BCUT2D eigenvalue weighted by atomic mass is 10.1. The van der Waals surface area contributed by atoms with E-state index in [2.05, 4.69) is 20.3 Å². The van der Waals surface area contributed by atoms with Gasteiger partial charge in [-0.3, -0.25) is 9.78 Å². The van der Waals surface area contributed by atoms with Crippen molar-refractivity contribution in [3.63, 3.8) is 0 Å². The van der Waals surface area contributed by atoms with Crippen LogP contribution in [0.5, 0.6) is 0 Å². The van der Waals surface area contributed by atoms with Crippen LogP contribution in [-0.4, -0.2) is 20.9 Å². The van der Waals surface area contributed by atoms with Gasteiger partial charge in [0.25, 0.3) is 0 Å². The zero-order valence-electron chi connectivity index (χ0n) is 12.0. The van der Waals surface area contributed by atoms with Gasteiger partial charge in [0.2, 0.25) is 5.91 Å². The van der Waals surface area contributed by atoms with E-state index in [-0.39, 0.29) is 11.9 Å². The summed E-state index contributed by atoms with van der Waals surface area (Å²) in [6.45, 7) is 1.94. The number of hydrogen-bond acceptors (Lipinski definition) is 4. The summed E-state index contributed by atoms with van der Waals surface area (Å²) < 4.78 is 0. The molecular formula is C16H18N4O. The normalized spacial score (nSPS) is 15.5. The van der Waals surface area contributed by atoms with Crippen molar-refractivity contribution in [1.82, 2.24) is 20.3 Å². The molecule has 1 fully saturated rings. The Morgan fingerprint density at radius 2 is 2.24 bits per heavy atom. The van der Waals surface area contributed by atoms with Gasteiger partial charge in [-0.15, -0.1) is 0 Å². The SMILES string of the molecule is Cc1ccnc([C@H](NC(=O)Cc2cccnc2)C2CC2)n1. The Morgan fingerprint density at radius 1 is 1.38 bits per heavy atom. The summed E-state index contributed by atoms with van der Waals surface area (Å²) in [7, 11) is 0. The molecule has 1 aliphatic rings. The molecule has 108 valence electrons. The molecule has 1 amide bonds. The number of pyridine rings is 1. The minimum atomic E-state index is -0.0749. The van der Waals surface area contributed by atoms with Crippen LogP contribution >= 0.6 is 0 Å². The van der Waals surface area contributed by atoms with E-state index < -0.39 is 0 Å². The van der Waals surface area contributed by atoms with Crippen LogP contribution in [0.3, 0.4) is 0 Å². The topological polar surface area (TPSA) is 67.8 Å². The fourth-order valence-corrected chi connectivity index (χ4v) is 2.35. The van der Waals surface area contributed by atoms with Gasteiger partial charge in [-0.1, -0.05) is 6.07 Å². The summed E-state index contributed by atoms with van der Waals surface area (Å²) in [6.07, 6.45) is 7.75. The molecule has 0 bridgehead atoms. The third-order valence-electron chi connectivity index (χ3n) is 3.59. The highest BCUT2D eigenvalue weighted by Crippen LogP contribution is 2.39. The van der Waals surface area contributed by atoms with E-state index in [1.807, 2.05) is 25.1 Å². The van der Waals surface area contributed by atoms with Crippen LogP contribution in [0.2, 0.25) is 0 Å². The summed E-state index contributed by atoms with van der Waals surface area (Å²) in [5.41, 5.74) is 1.84. The van der Waals surface area contributed by atoms with E-state index in [0.29, 0.717) is 12.3 Å². The molecule has 0 aliphatic heterocycles. The molecule has 1 atom stereocenters. The lowest BCUT2D eigenvalue weighted by Gasteiger charge is -2.17. The van der Waals surface area contributed by atoms with Crippen LogP contribution in [0, 0.1) is 12.8 Å². The number of carbonyl (C=O) groups is 1. The van der Waals surface area contributed by atoms with Gasteiger partial charge in [0, 0.05) is 24.3 Å². The van der Waals surface area contributed by atoms with Crippen LogP contribution in [0.15, 0.2) is 36.8 Å². The molecule has 2 aromatic heterocycles. The molecule has 0 saturated heterocycles. The third-order valence-corrected chi connectivity index (χ3v) is 3.59. The second kappa shape index (κ2) is 5.99. The van der Waals surface area contributed by atoms with Gasteiger partial charge < -0.3 is 5.32 Å². The molecule has 0 radical (unpaired) electrons. The summed E-state index contributed by atoms with van der Waals surface area (Å²) in [5, 5.41) is 3.08. The maximum absolute atomic E-state index is 12.2. The van der Waals surface area contributed by atoms with Crippen molar-refractivity contribution in [1.29, 1.82) is 0 Å². The molecule has 0 unspecified atom stereocenters. The van der Waals surface area contributed by atoms with E-state index in [9.17, 15) is 4.79 Å². The maximum atomic E-state index is 12.2. The van der Waals surface area contributed by atoms with Gasteiger partial charge in [0.05, 0.1) is 12.5 Å². The number of rotatable bonds is 5. The van der Waals surface area contributed by atoms with Crippen molar-refractivity contribution in [2.75, 3.05) is 0 Å². The predicted octanol–water partition coefficient (Wildman–Crippen LogP) is 1.99. The summed E-state index contributed by atoms with van der Waals surface area (Å²) in [6, 6.07) is 5.53. The van der Waals surface area contributed by atoms with Crippen LogP contribution in [-0.2, 0) is 11.2 Å². The number of nitrogens with one attached hydrogen (secondary N) is 1. The molecule has 0 aromatic carbocycles. The Balaban J connectivity index is 1.69. The van der Waals surface area contributed by atoms with E-state index in [4.69, 9.17) is 0 Å². The van der Waals surface area contributed by atoms with Gasteiger partial charge in [-0.2, -0.15) is 0 Å². The fraction of sp³-hybridized carbons (Fsp3) is 0.375. The Kier molecular flexibility index (Phi) is 3.90. The molecule has 1 aliphatic carbocycles. The van der Waals surface area contributed by atoms with E-state index in [1.54, 1.807) is 18.6 Å². The molecular weight excluding hydrogens is 264 g/mol. The average molecular weight is 282 g/mol. The average Bonchev–Trinajstić information content (AvgIpc) is 3.30. The van der Waals surface area contributed by atoms with Gasteiger partial charge in [-0.25, -0.2) is 9.97 Å². The minimum Gasteiger partial charge on any atom is -0.346 e. The first-order valence-electron chi connectivity index (χ1n) is 7.20. The molecule has 2 aromatic rings. The molecule has 2 heterocycles. The first-order valence-corrected chi connectivity index (χ1v) is 7.20. The number of nitrogens with zero attached hydrogens (tertiary/aromatic N) is 3. The molecule has 21 heavy (non-hydrogen) atoms. The number of hydrogen-bond donors (Lipinski definition) is 1. The van der Waals surface area contributed by atoms with Crippen LogP contribution in [0.4, 0.5) is 0 Å². The van der Waals surface area contributed by atoms with E-state index in [0.717, 1.165) is 29.9 Å². The fourth-order valence-electron chi connectivity index (χ4n) is 2.35. The standard InChI is InChI=1S/C16H18N4O/c1-11-6-8-18-16(19-11)15(13-4-5-13)20-14(21)9-12-3-2-7-17-10-12/h2-3,6-8,10,13,15H,4-5,9H2,1H3,(H,20,21)/t15-/m1/s1. The highest BCUT2D eigenvalue weighted by Gasteiger charge is 2.35. The smallest absolute Gasteiger partial charge is 0.225 e. The van der Waals surface area contributed by atoms with Crippen LogP contribution in [0.25, 0.3) is 0 Å². The van der Waals surface area contributed by atoms with Crippen molar-refractivity contribution in [3.8, 4) is 0 Å². The van der Waals surface area contributed by atoms with Crippen molar-refractivity contribution < 1.29 is 4.79 Å². The first-order chi connectivity index (χ1) is 10.2. The highest BCUT2D eigenvalue weighted by atomic mass is 16.1. The van der Waals surface area contributed by atoms with Crippen molar-refractivity contribution in [2.45, 2.75) is 32.2 Å². The Morgan fingerprint density at radius 3 is 2.90 bits per heavy atom. The third kappa shape index (κ3) is 3.62. The molecule has 1 N–H and O–H groups in total. The monoisotopic (exact) mass is 282 g/mol. The van der Waals surface area contributed by atoms with E-state index >= 15 is 0 Å². The number of aromatic nitrogens is 3. The summed E-state index contributed by atoms with van der Waals surface area (Å²) in [4.78, 5) is 25.0. The first kappa shape index (κ1) is 13.7. The van der Waals surface area contributed by atoms with Crippen LogP contribution in [0.1, 0.15) is 36.0 Å². The lowest BCUT2D eigenvalue weighted by Crippen LogP contribution is -2.32. The second-order valence-corrected chi connectivity index (χ2v) is 5.48. The lowest BCUT2D eigenvalue weighted by molar-refractivity contribution is -0.121. The Bertz CT molecular complexity index is 625. The van der Waals surface area contributed by atoms with Crippen molar-refractivity contribution in [2.24, 2.45) is 5.92 Å². The van der Waals surface area contributed by atoms with Gasteiger partial charge in [0.15, 0.2) is 5.82 Å². The molecule has 3 rings (SSSR count). The zero-order valence-corrected chi connectivity index (χ0v) is 12.0. The Hall–Kier alpha value is -2.30. The van der Waals surface area contributed by atoms with E-state index in [1.165, 1.54) is 0 Å². The van der Waals surface area contributed by atoms with Gasteiger partial charge >= 0.3 is 0 Å². The predicted molar refractivity (Wildman–Crippen MR) is 78.3 cm³/mol. The highest BCUT2D eigenvalue weighted by molar-refractivity contribution is 5.78. The van der Waals surface area contributed by atoms with Crippen LogP contribution < -0.4 is 5.32 Å². The zero-order chi connectivity index (χ0) is 14.7. The molecule has 0 spiro atoms. The van der Waals surface area contributed by atoms with Gasteiger partial charge in [-0.05, 0) is 43.4 Å². The molecule has 1 saturated carbocycles. The minimum absolute atomic E-state index is 0.00925. The summed E-state index contributed by atoms with van der Waals surface area (Å²) in [5.74, 6) is 1.17. The molecule has 5 nitrogen and oxygen atoms in total. The second-order valence-electron chi connectivity index (χ2n) is 5.48. The number of aryl methyl sites for hydroxylation is 1. The van der Waals surface area contributed by atoms with Gasteiger partial charge in [0.1, 0.15) is 0 Å². The number of amides is 1. The van der Waals surface area contributed by atoms with Crippen molar-refractivity contribution in [3.05, 3.63) is 53.9 Å². The largest absolute Gasteiger partial charge is 0.346 e.